The fourth-order valence-corrected chi connectivity index (χ4v) is 2.35. The van der Waals surface area contributed by atoms with Gasteiger partial charge in [0.05, 0.1) is 0 Å². The van der Waals surface area contributed by atoms with Gasteiger partial charge < -0.3 is 9.52 Å². The van der Waals surface area contributed by atoms with E-state index in [0.717, 1.165) is 33.4 Å². The third kappa shape index (κ3) is 1.58. The summed E-state index contributed by atoms with van der Waals surface area (Å²) >= 11 is 0. The average molecular weight is 238 g/mol. The Bertz CT molecular complexity index is 723. The number of phenols is 1. The molecule has 3 rings (SSSR count). The summed E-state index contributed by atoms with van der Waals surface area (Å²) in [6.07, 6.45) is 0. The minimum atomic E-state index is 0.280. The first-order valence-corrected chi connectivity index (χ1v) is 5.95. The van der Waals surface area contributed by atoms with Crippen molar-refractivity contribution in [3.05, 3.63) is 53.8 Å². The molecule has 0 fully saturated rings. The lowest BCUT2D eigenvalue weighted by Gasteiger charge is -2.08. The lowest BCUT2D eigenvalue weighted by Crippen LogP contribution is -1.84. The number of furan rings is 1. The van der Waals surface area contributed by atoms with Crippen LogP contribution in [0.4, 0.5) is 0 Å². The van der Waals surface area contributed by atoms with E-state index < -0.39 is 0 Å². The molecular weight excluding hydrogens is 224 g/mol. The van der Waals surface area contributed by atoms with E-state index in [0.29, 0.717) is 0 Å². The van der Waals surface area contributed by atoms with Crippen LogP contribution in [0.2, 0.25) is 0 Å². The first-order chi connectivity index (χ1) is 8.66. The van der Waals surface area contributed by atoms with Crippen LogP contribution in [0.1, 0.15) is 11.3 Å². The van der Waals surface area contributed by atoms with Crippen LogP contribution in [-0.4, -0.2) is 5.11 Å². The summed E-state index contributed by atoms with van der Waals surface area (Å²) in [7, 11) is 0. The van der Waals surface area contributed by atoms with Gasteiger partial charge in [-0.25, -0.2) is 0 Å². The van der Waals surface area contributed by atoms with Gasteiger partial charge in [-0.05, 0) is 31.5 Å². The number of phenolic OH excluding ortho intramolecular Hbond substituents is 1. The van der Waals surface area contributed by atoms with Crippen molar-refractivity contribution < 1.29 is 9.52 Å². The van der Waals surface area contributed by atoms with Crippen LogP contribution in [0.5, 0.6) is 5.75 Å². The Balaban J connectivity index is 2.41. The molecule has 0 unspecified atom stereocenters. The maximum absolute atomic E-state index is 10.0. The van der Waals surface area contributed by atoms with Crippen molar-refractivity contribution in [3.8, 4) is 16.9 Å². The van der Waals surface area contributed by atoms with E-state index >= 15 is 0 Å². The summed E-state index contributed by atoms with van der Waals surface area (Å²) in [6.45, 7) is 3.96. The fourth-order valence-electron chi connectivity index (χ4n) is 2.35. The molecular formula is C16H14O2. The van der Waals surface area contributed by atoms with Crippen LogP contribution in [0, 0.1) is 13.8 Å². The van der Waals surface area contributed by atoms with Gasteiger partial charge in [0, 0.05) is 16.5 Å². The van der Waals surface area contributed by atoms with E-state index in [9.17, 15) is 5.11 Å². The number of benzene rings is 2. The van der Waals surface area contributed by atoms with Gasteiger partial charge in [-0.2, -0.15) is 0 Å². The Morgan fingerprint density at radius 3 is 2.56 bits per heavy atom. The van der Waals surface area contributed by atoms with E-state index in [1.807, 2.05) is 44.2 Å². The first-order valence-electron chi connectivity index (χ1n) is 5.95. The van der Waals surface area contributed by atoms with Gasteiger partial charge in [-0.15, -0.1) is 0 Å². The third-order valence-corrected chi connectivity index (χ3v) is 3.19. The Labute approximate surface area is 105 Å². The summed E-state index contributed by atoms with van der Waals surface area (Å²) in [4.78, 5) is 0. The molecule has 0 saturated heterocycles. The molecule has 1 N–H and O–H groups in total. The van der Waals surface area contributed by atoms with E-state index in [1.165, 1.54) is 0 Å². The second-order valence-electron chi connectivity index (χ2n) is 4.55. The third-order valence-electron chi connectivity index (χ3n) is 3.19. The standard InChI is InChI=1S/C16H14O2/c1-10-7-8-12-9-11(2)18-16(12)15(10)13-5-3-4-6-14(13)17/h3-9,17H,1-2H3. The predicted octanol–water partition coefficient (Wildman–Crippen LogP) is 4.42. The highest BCUT2D eigenvalue weighted by atomic mass is 16.3. The highest BCUT2D eigenvalue weighted by molar-refractivity contribution is 5.96. The predicted molar refractivity (Wildman–Crippen MR) is 72.8 cm³/mol. The summed E-state index contributed by atoms with van der Waals surface area (Å²) in [6, 6.07) is 13.5. The molecule has 0 amide bonds. The Kier molecular flexibility index (Phi) is 2.37. The molecule has 0 aliphatic carbocycles. The molecule has 3 aromatic rings. The molecule has 2 aromatic carbocycles. The molecule has 1 heterocycles. The molecule has 0 radical (unpaired) electrons. The number of hydrogen-bond donors (Lipinski definition) is 1. The molecule has 2 heteroatoms. The van der Waals surface area contributed by atoms with Gasteiger partial charge in [-0.3, -0.25) is 0 Å². The lowest BCUT2D eigenvalue weighted by atomic mass is 9.98. The van der Waals surface area contributed by atoms with Crippen molar-refractivity contribution >= 4 is 11.0 Å². The van der Waals surface area contributed by atoms with E-state index in [4.69, 9.17) is 4.42 Å². The van der Waals surface area contributed by atoms with Gasteiger partial charge >= 0.3 is 0 Å². The van der Waals surface area contributed by atoms with Crippen LogP contribution in [-0.2, 0) is 0 Å². The van der Waals surface area contributed by atoms with Crippen LogP contribution < -0.4 is 0 Å². The van der Waals surface area contributed by atoms with Crippen molar-refractivity contribution in [2.75, 3.05) is 0 Å². The zero-order valence-corrected chi connectivity index (χ0v) is 10.4. The highest BCUT2D eigenvalue weighted by Crippen LogP contribution is 2.37. The number of rotatable bonds is 1. The largest absolute Gasteiger partial charge is 0.507 e. The minimum Gasteiger partial charge on any atom is -0.507 e. The molecule has 18 heavy (non-hydrogen) atoms. The van der Waals surface area contributed by atoms with Crippen molar-refractivity contribution in [2.45, 2.75) is 13.8 Å². The molecule has 0 saturated carbocycles. The number of hydrogen-bond acceptors (Lipinski definition) is 2. The smallest absolute Gasteiger partial charge is 0.142 e. The zero-order chi connectivity index (χ0) is 12.7. The second-order valence-corrected chi connectivity index (χ2v) is 4.55. The van der Waals surface area contributed by atoms with Gasteiger partial charge in [0.1, 0.15) is 17.1 Å². The zero-order valence-electron chi connectivity index (χ0n) is 10.4. The average Bonchev–Trinajstić information content (AvgIpc) is 2.71. The van der Waals surface area contributed by atoms with Gasteiger partial charge in [0.25, 0.3) is 0 Å². The quantitative estimate of drug-likeness (QED) is 0.680. The molecule has 2 nitrogen and oxygen atoms in total. The highest BCUT2D eigenvalue weighted by Gasteiger charge is 2.13. The van der Waals surface area contributed by atoms with Crippen LogP contribution in [0.15, 0.2) is 46.9 Å². The first kappa shape index (κ1) is 10.9. The molecule has 1 aromatic heterocycles. The minimum absolute atomic E-state index is 0.280. The maximum Gasteiger partial charge on any atom is 0.142 e. The summed E-state index contributed by atoms with van der Waals surface area (Å²) < 4.78 is 5.78. The molecule has 0 aliphatic rings. The van der Waals surface area contributed by atoms with Gasteiger partial charge in [-0.1, -0.05) is 30.3 Å². The number of para-hydroxylation sites is 1. The number of aryl methyl sites for hydroxylation is 2. The fraction of sp³-hybridized carbons (Fsp3) is 0.125. The Hall–Kier alpha value is -2.22. The number of aromatic hydroxyl groups is 1. The van der Waals surface area contributed by atoms with Crippen molar-refractivity contribution in [3.63, 3.8) is 0 Å². The van der Waals surface area contributed by atoms with Crippen molar-refractivity contribution in [1.82, 2.24) is 0 Å². The lowest BCUT2D eigenvalue weighted by molar-refractivity contribution is 0.477. The molecule has 0 spiro atoms. The second kappa shape index (κ2) is 3.91. The maximum atomic E-state index is 10.0. The normalized spacial score (nSPS) is 11.0. The Morgan fingerprint density at radius 2 is 1.78 bits per heavy atom. The van der Waals surface area contributed by atoms with Crippen molar-refractivity contribution in [1.29, 1.82) is 0 Å². The van der Waals surface area contributed by atoms with E-state index in [1.54, 1.807) is 6.07 Å². The van der Waals surface area contributed by atoms with Crippen molar-refractivity contribution in [2.24, 2.45) is 0 Å². The van der Waals surface area contributed by atoms with E-state index in [2.05, 4.69) is 6.07 Å². The monoisotopic (exact) mass is 238 g/mol. The van der Waals surface area contributed by atoms with Gasteiger partial charge in [0.15, 0.2) is 0 Å². The van der Waals surface area contributed by atoms with Crippen LogP contribution in [0.25, 0.3) is 22.1 Å². The van der Waals surface area contributed by atoms with E-state index in [-0.39, 0.29) is 5.75 Å². The summed E-state index contributed by atoms with van der Waals surface area (Å²) in [5.74, 6) is 1.16. The topological polar surface area (TPSA) is 33.4 Å². The summed E-state index contributed by atoms with van der Waals surface area (Å²) in [5, 5.41) is 11.1. The van der Waals surface area contributed by atoms with Gasteiger partial charge in [0.2, 0.25) is 0 Å². The number of fused-ring (bicyclic) bond motifs is 1. The molecule has 0 aliphatic heterocycles. The molecule has 0 atom stereocenters. The molecule has 0 bridgehead atoms. The van der Waals surface area contributed by atoms with Crippen LogP contribution >= 0.6 is 0 Å². The SMILES string of the molecule is Cc1cc2ccc(C)c(-c3ccccc3O)c2o1. The molecule has 90 valence electrons. The van der Waals surface area contributed by atoms with Crippen LogP contribution in [0.3, 0.4) is 0 Å². The summed E-state index contributed by atoms with van der Waals surface area (Å²) in [5.41, 5.74) is 3.72. The Morgan fingerprint density at radius 1 is 1.00 bits per heavy atom.